The lowest BCUT2D eigenvalue weighted by atomic mass is 9.94. The highest BCUT2D eigenvalue weighted by Crippen LogP contribution is 2.31. The van der Waals surface area contributed by atoms with Gasteiger partial charge in [0.1, 0.15) is 0 Å². The van der Waals surface area contributed by atoms with Gasteiger partial charge in [-0.25, -0.2) is 0 Å². The molecule has 1 saturated heterocycles. The number of likely N-dealkylation sites (tertiary alicyclic amines) is 1. The number of rotatable bonds is 5. The molecule has 1 aromatic carbocycles. The highest BCUT2D eigenvalue weighted by atomic mass is 16.2. The van der Waals surface area contributed by atoms with E-state index in [1.165, 1.54) is 30.4 Å². The molecule has 1 aromatic rings. The molecule has 1 atom stereocenters. The number of hydrogen-bond acceptors (Lipinski definition) is 2. The van der Waals surface area contributed by atoms with E-state index in [1.54, 1.807) is 0 Å². The number of hydrogen-bond donors (Lipinski definition) is 1. The molecule has 2 aliphatic rings. The van der Waals surface area contributed by atoms with Gasteiger partial charge >= 0.3 is 0 Å². The second-order valence-corrected chi connectivity index (χ2v) is 6.58. The van der Waals surface area contributed by atoms with Crippen molar-refractivity contribution >= 4 is 5.91 Å². The third kappa shape index (κ3) is 3.85. The summed E-state index contributed by atoms with van der Waals surface area (Å²) < 4.78 is 0. The van der Waals surface area contributed by atoms with Crippen LogP contribution in [-0.4, -0.2) is 30.4 Å². The van der Waals surface area contributed by atoms with Crippen molar-refractivity contribution in [3.8, 4) is 0 Å². The summed E-state index contributed by atoms with van der Waals surface area (Å²) in [5.74, 6) is 1.09. The molecule has 0 radical (unpaired) electrons. The quantitative estimate of drug-likeness (QED) is 0.902. The standard InChI is InChI=1S/C18H26N2O/c1-14-5-9-16(10-6-14)17-4-2-3-11-20(17)18(21)13-19-12-15-7-8-15/h5-6,9-10,15,17,19H,2-4,7-8,11-13H2,1H3. The van der Waals surface area contributed by atoms with Gasteiger partial charge in [-0.2, -0.15) is 0 Å². The fraction of sp³-hybridized carbons (Fsp3) is 0.611. The van der Waals surface area contributed by atoms with Crippen LogP contribution in [0, 0.1) is 12.8 Å². The zero-order valence-corrected chi connectivity index (χ0v) is 13.0. The molecule has 1 saturated carbocycles. The van der Waals surface area contributed by atoms with Gasteiger partial charge in [0, 0.05) is 6.54 Å². The maximum atomic E-state index is 12.5. The Balaban J connectivity index is 1.62. The van der Waals surface area contributed by atoms with Crippen molar-refractivity contribution in [3.63, 3.8) is 0 Å². The predicted molar refractivity (Wildman–Crippen MR) is 85.1 cm³/mol. The minimum Gasteiger partial charge on any atom is -0.335 e. The predicted octanol–water partition coefficient (Wildman–Crippen LogP) is 3.05. The van der Waals surface area contributed by atoms with Gasteiger partial charge in [0.25, 0.3) is 0 Å². The molecule has 3 nitrogen and oxygen atoms in total. The smallest absolute Gasteiger partial charge is 0.237 e. The van der Waals surface area contributed by atoms with E-state index in [9.17, 15) is 4.79 Å². The number of carbonyl (C=O) groups excluding carboxylic acids is 1. The Morgan fingerprint density at radius 1 is 1.19 bits per heavy atom. The third-order valence-electron chi connectivity index (χ3n) is 4.69. The van der Waals surface area contributed by atoms with Gasteiger partial charge in [-0.15, -0.1) is 0 Å². The maximum absolute atomic E-state index is 12.5. The lowest BCUT2D eigenvalue weighted by Crippen LogP contribution is -2.43. The second kappa shape index (κ2) is 6.61. The molecule has 0 aromatic heterocycles. The molecule has 1 aliphatic heterocycles. The topological polar surface area (TPSA) is 32.3 Å². The number of nitrogens with zero attached hydrogens (tertiary/aromatic N) is 1. The second-order valence-electron chi connectivity index (χ2n) is 6.58. The molecule has 1 heterocycles. The van der Waals surface area contributed by atoms with Crippen molar-refractivity contribution in [2.45, 2.75) is 45.1 Å². The minimum absolute atomic E-state index is 0.265. The number of nitrogens with one attached hydrogen (secondary N) is 1. The van der Waals surface area contributed by atoms with E-state index in [0.29, 0.717) is 6.54 Å². The van der Waals surface area contributed by atoms with Gasteiger partial charge in [0.15, 0.2) is 0 Å². The van der Waals surface area contributed by atoms with Crippen molar-refractivity contribution in [3.05, 3.63) is 35.4 Å². The van der Waals surface area contributed by atoms with Crippen molar-refractivity contribution in [2.75, 3.05) is 19.6 Å². The van der Waals surface area contributed by atoms with Crippen LogP contribution in [0.5, 0.6) is 0 Å². The largest absolute Gasteiger partial charge is 0.335 e. The fourth-order valence-corrected chi connectivity index (χ4v) is 3.17. The highest BCUT2D eigenvalue weighted by molar-refractivity contribution is 5.79. The highest BCUT2D eigenvalue weighted by Gasteiger charge is 2.28. The van der Waals surface area contributed by atoms with Crippen molar-refractivity contribution in [2.24, 2.45) is 5.92 Å². The average molecular weight is 286 g/mol. The van der Waals surface area contributed by atoms with Crippen LogP contribution in [0.15, 0.2) is 24.3 Å². The van der Waals surface area contributed by atoms with Gasteiger partial charge in [-0.3, -0.25) is 4.79 Å². The fourth-order valence-electron chi connectivity index (χ4n) is 3.17. The number of aryl methyl sites for hydroxylation is 1. The molecule has 0 bridgehead atoms. The third-order valence-corrected chi connectivity index (χ3v) is 4.69. The van der Waals surface area contributed by atoms with Gasteiger partial charge in [0.05, 0.1) is 12.6 Å². The molecule has 3 rings (SSSR count). The van der Waals surface area contributed by atoms with E-state index in [0.717, 1.165) is 31.8 Å². The van der Waals surface area contributed by atoms with Gasteiger partial charge < -0.3 is 10.2 Å². The zero-order chi connectivity index (χ0) is 14.7. The van der Waals surface area contributed by atoms with E-state index in [-0.39, 0.29) is 11.9 Å². The molecular formula is C18H26N2O. The van der Waals surface area contributed by atoms with E-state index < -0.39 is 0 Å². The van der Waals surface area contributed by atoms with Gasteiger partial charge in [-0.1, -0.05) is 29.8 Å². The van der Waals surface area contributed by atoms with Crippen molar-refractivity contribution in [1.29, 1.82) is 0 Å². The summed E-state index contributed by atoms with van der Waals surface area (Å²) in [6.45, 7) is 4.52. The SMILES string of the molecule is Cc1ccc(C2CCCCN2C(=O)CNCC2CC2)cc1. The first-order chi connectivity index (χ1) is 10.2. The summed E-state index contributed by atoms with van der Waals surface area (Å²) in [7, 11) is 0. The molecule has 114 valence electrons. The van der Waals surface area contributed by atoms with E-state index >= 15 is 0 Å². The molecule has 2 fully saturated rings. The first-order valence-electron chi connectivity index (χ1n) is 8.31. The van der Waals surface area contributed by atoms with Gasteiger partial charge in [0.2, 0.25) is 5.91 Å². The molecule has 1 amide bonds. The van der Waals surface area contributed by atoms with Crippen LogP contribution in [0.3, 0.4) is 0 Å². The Hall–Kier alpha value is -1.35. The summed E-state index contributed by atoms with van der Waals surface area (Å²) >= 11 is 0. The molecule has 0 spiro atoms. The van der Waals surface area contributed by atoms with E-state index in [2.05, 4.69) is 41.4 Å². The average Bonchev–Trinajstić information content (AvgIpc) is 3.32. The Labute approximate surface area is 127 Å². The van der Waals surface area contributed by atoms with E-state index in [4.69, 9.17) is 0 Å². The van der Waals surface area contributed by atoms with Crippen LogP contribution in [0.25, 0.3) is 0 Å². The summed E-state index contributed by atoms with van der Waals surface area (Å²) in [6, 6.07) is 8.94. The van der Waals surface area contributed by atoms with Gasteiger partial charge in [-0.05, 0) is 57.1 Å². The molecule has 1 unspecified atom stereocenters. The van der Waals surface area contributed by atoms with Crippen LogP contribution in [0.4, 0.5) is 0 Å². The normalized spacial score (nSPS) is 22.3. The van der Waals surface area contributed by atoms with Crippen LogP contribution in [0.1, 0.15) is 49.3 Å². The Kier molecular flexibility index (Phi) is 4.59. The summed E-state index contributed by atoms with van der Waals surface area (Å²) in [4.78, 5) is 14.6. The summed E-state index contributed by atoms with van der Waals surface area (Å²) in [6.07, 6.45) is 6.11. The van der Waals surface area contributed by atoms with Crippen molar-refractivity contribution in [1.82, 2.24) is 10.2 Å². The van der Waals surface area contributed by atoms with Crippen LogP contribution in [-0.2, 0) is 4.79 Å². The van der Waals surface area contributed by atoms with Crippen LogP contribution >= 0.6 is 0 Å². The summed E-state index contributed by atoms with van der Waals surface area (Å²) in [5, 5.41) is 3.33. The number of amides is 1. The maximum Gasteiger partial charge on any atom is 0.237 e. The molecule has 3 heteroatoms. The lowest BCUT2D eigenvalue weighted by molar-refractivity contribution is -0.134. The molecule has 21 heavy (non-hydrogen) atoms. The minimum atomic E-state index is 0.265. The lowest BCUT2D eigenvalue weighted by Gasteiger charge is -2.36. The first-order valence-corrected chi connectivity index (χ1v) is 8.31. The molecular weight excluding hydrogens is 260 g/mol. The zero-order valence-electron chi connectivity index (χ0n) is 13.0. The Morgan fingerprint density at radius 2 is 1.95 bits per heavy atom. The Bertz CT molecular complexity index is 478. The first kappa shape index (κ1) is 14.6. The number of piperidine rings is 1. The summed E-state index contributed by atoms with van der Waals surface area (Å²) in [5.41, 5.74) is 2.56. The molecule has 1 aliphatic carbocycles. The van der Waals surface area contributed by atoms with Crippen LogP contribution < -0.4 is 5.32 Å². The monoisotopic (exact) mass is 286 g/mol. The number of carbonyl (C=O) groups is 1. The molecule has 1 N–H and O–H groups in total. The van der Waals surface area contributed by atoms with E-state index in [1.807, 2.05) is 0 Å². The number of benzene rings is 1. The van der Waals surface area contributed by atoms with Crippen molar-refractivity contribution < 1.29 is 4.79 Å². The Morgan fingerprint density at radius 3 is 2.67 bits per heavy atom. The van der Waals surface area contributed by atoms with Crippen LogP contribution in [0.2, 0.25) is 0 Å².